The van der Waals surface area contributed by atoms with E-state index >= 15 is 4.39 Å². The second-order valence-corrected chi connectivity index (χ2v) is 10.3. The summed E-state index contributed by atoms with van der Waals surface area (Å²) in [6.45, 7) is 5.61. The quantitative estimate of drug-likeness (QED) is 0.567. The largest absolute Gasteiger partial charge is 0.389 e. The molecule has 8 nitrogen and oxygen atoms in total. The number of benzene rings is 1. The van der Waals surface area contributed by atoms with Gasteiger partial charge in [-0.15, -0.1) is 0 Å². The van der Waals surface area contributed by atoms with Gasteiger partial charge in [0.05, 0.1) is 30.5 Å². The van der Waals surface area contributed by atoms with Crippen LogP contribution in [0.15, 0.2) is 48.8 Å². The van der Waals surface area contributed by atoms with E-state index in [1.807, 2.05) is 36.1 Å². The van der Waals surface area contributed by atoms with Crippen LogP contribution in [0.5, 0.6) is 0 Å². The monoisotopic (exact) mass is 491 g/mol. The Balaban J connectivity index is 1.15. The minimum atomic E-state index is -0.516. The molecule has 1 aromatic carbocycles. The second kappa shape index (κ2) is 9.06. The number of aliphatic hydroxyl groups is 1. The van der Waals surface area contributed by atoms with Crippen molar-refractivity contribution in [3.05, 3.63) is 60.3 Å². The molecule has 3 aromatic rings. The normalized spacial score (nSPS) is 28.4. The van der Waals surface area contributed by atoms with Crippen molar-refractivity contribution in [2.75, 3.05) is 49.6 Å². The van der Waals surface area contributed by atoms with Gasteiger partial charge in [0.2, 0.25) is 5.91 Å². The third kappa shape index (κ3) is 4.21. The summed E-state index contributed by atoms with van der Waals surface area (Å²) in [6, 6.07) is 10.9. The molecule has 6 rings (SSSR count). The Morgan fingerprint density at radius 1 is 1.17 bits per heavy atom. The lowest BCUT2D eigenvalue weighted by Gasteiger charge is -2.45. The number of piperazine rings is 1. The van der Waals surface area contributed by atoms with Crippen molar-refractivity contribution in [3.8, 4) is 0 Å². The number of amides is 1. The molecule has 4 atom stereocenters. The zero-order valence-corrected chi connectivity index (χ0v) is 20.2. The molecule has 2 aliphatic heterocycles. The van der Waals surface area contributed by atoms with Crippen molar-refractivity contribution in [1.82, 2.24) is 14.9 Å². The minimum absolute atomic E-state index is 0.0671. The third-order valence-electron chi connectivity index (χ3n) is 7.96. The lowest BCUT2D eigenvalue weighted by atomic mass is 9.95. The Morgan fingerprint density at radius 3 is 2.72 bits per heavy atom. The van der Waals surface area contributed by atoms with E-state index in [2.05, 4.69) is 20.2 Å². The number of nitrogens with zero attached hydrogens (tertiary/aromatic N) is 4. The number of nitrogens with one attached hydrogen (secondary N) is 1. The number of fused-ring (bicyclic) bond motifs is 1. The van der Waals surface area contributed by atoms with E-state index in [1.54, 1.807) is 18.5 Å². The van der Waals surface area contributed by atoms with Crippen LogP contribution in [0.3, 0.4) is 0 Å². The highest BCUT2D eigenvalue weighted by Crippen LogP contribution is 2.47. The number of halogens is 1. The first-order chi connectivity index (χ1) is 17.4. The van der Waals surface area contributed by atoms with Crippen molar-refractivity contribution in [3.63, 3.8) is 0 Å². The average molecular weight is 492 g/mol. The number of aromatic nitrogens is 2. The number of hydrogen-bond acceptors (Lipinski definition) is 7. The van der Waals surface area contributed by atoms with Crippen molar-refractivity contribution in [2.45, 2.75) is 30.9 Å². The molecular formula is C27H30FN5O3. The molecule has 1 amide bonds. The van der Waals surface area contributed by atoms with Gasteiger partial charge in [-0.2, -0.15) is 0 Å². The van der Waals surface area contributed by atoms with E-state index in [0.717, 1.165) is 17.5 Å². The van der Waals surface area contributed by atoms with Crippen LogP contribution in [0.2, 0.25) is 0 Å². The SMILES string of the molecule is C[C@]1(N2CCN(c3cc4cc(NC(=O)C5CC5c5ccccn5)ncc4cc3F)CC2)COC[C@H]1O. The molecule has 188 valence electrons. The molecule has 0 bridgehead atoms. The smallest absolute Gasteiger partial charge is 0.229 e. The van der Waals surface area contributed by atoms with Gasteiger partial charge >= 0.3 is 0 Å². The van der Waals surface area contributed by atoms with Crippen molar-refractivity contribution >= 4 is 28.2 Å². The highest BCUT2D eigenvalue weighted by atomic mass is 19.1. The Bertz CT molecular complexity index is 1280. The summed E-state index contributed by atoms with van der Waals surface area (Å²) in [5.74, 6) is 0.140. The number of pyridine rings is 2. The van der Waals surface area contributed by atoms with Gasteiger partial charge < -0.3 is 20.1 Å². The maximum atomic E-state index is 15.0. The zero-order valence-electron chi connectivity index (χ0n) is 20.2. The molecule has 1 saturated carbocycles. The molecule has 0 spiro atoms. The summed E-state index contributed by atoms with van der Waals surface area (Å²) in [5.41, 5.74) is 1.08. The Hall–Kier alpha value is -3.14. The molecular weight excluding hydrogens is 461 g/mol. The standard InChI is InChI=1S/C27H30FN5O3/c1-27(16-36-15-24(27)34)33-8-6-32(7-9-33)23-11-17-12-25(30-14-18(17)10-21(23)28)31-26(35)20-13-19(20)22-4-2-3-5-29-22/h2-5,10-12,14,19-20,24,34H,6-9,13,15-16H2,1H3,(H,30,31,35)/t19?,20?,24-,27+/m1/s1. The van der Waals surface area contributed by atoms with Gasteiger partial charge in [0.15, 0.2) is 0 Å². The van der Waals surface area contributed by atoms with Crippen LogP contribution in [0.25, 0.3) is 10.8 Å². The second-order valence-electron chi connectivity index (χ2n) is 10.3. The predicted molar refractivity (Wildman–Crippen MR) is 134 cm³/mol. The van der Waals surface area contributed by atoms with Crippen LogP contribution in [0.4, 0.5) is 15.9 Å². The molecule has 4 heterocycles. The van der Waals surface area contributed by atoms with Crippen molar-refractivity contribution in [1.29, 1.82) is 0 Å². The molecule has 3 aliphatic rings. The molecule has 36 heavy (non-hydrogen) atoms. The summed E-state index contributed by atoms with van der Waals surface area (Å²) in [5, 5.41) is 14.8. The van der Waals surface area contributed by atoms with E-state index < -0.39 is 11.6 Å². The first-order valence-electron chi connectivity index (χ1n) is 12.5. The molecule has 3 fully saturated rings. The summed E-state index contributed by atoms with van der Waals surface area (Å²) >= 11 is 0. The molecule has 2 saturated heterocycles. The molecule has 2 N–H and O–H groups in total. The number of ether oxygens (including phenoxy) is 1. The van der Waals surface area contributed by atoms with E-state index in [9.17, 15) is 9.90 Å². The lowest BCUT2D eigenvalue weighted by molar-refractivity contribution is -0.117. The fraction of sp³-hybridized carbons (Fsp3) is 0.444. The predicted octanol–water partition coefficient (Wildman–Crippen LogP) is 2.78. The molecule has 0 radical (unpaired) electrons. The fourth-order valence-electron chi connectivity index (χ4n) is 5.50. The summed E-state index contributed by atoms with van der Waals surface area (Å²) in [7, 11) is 0. The molecule has 2 aromatic heterocycles. The van der Waals surface area contributed by atoms with Gasteiger partial charge in [-0.05, 0) is 49.1 Å². The summed E-state index contributed by atoms with van der Waals surface area (Å²) in [4.78, 5) is 25.8. The Labute approximate surface area is 209 Å². The van der Waals surface area contributed by atoms with Crippen LogP contribution < -0.4 is 10.2 Å². The topological polar surface area (TPSA) is 90.8 Å². The molecule has 1 aliphatic carbocycles. The van der Waals surface area contributed by atoms with Crippen LogP contribution in [0.1, 0.15) is 25.0 Å². The van der Waals surface area contributed by atoms with E-state index in [4.69, 9.17) is 4.74 Å². The van der Waals surface area contributed by atoms with Gasteiger partial charge in [0.25, 0.3) is 0 Å². The highest BCUT2D eigenvalue weighted by molar-refractivity contribution is 5.96. The maximum Gasteiger partial charge on any atom is 0.229 e. The number of carbonyl (C=O) groups excluding carboxylic acids is 1. The first kappa shape index (κ1) is 23.3. The number of hydrogen-bond donors (Lipinski definition) is 2. The van der Waals surface area contributed by atoms with Crippen molar-refractivity contribution in [2.24, 2.45) is 5.92 Å². The van der Waals surface area contributed by atoms with Crippen LogP contribution in [0, 0.1) is 11.7 Å². The number of anilines is 2. The minimum Gasteiger partial charge on any atom is -0.389 e. The fourth-order valence-corrected chi connectivity index (χ4v) is 5.50. The summed E-state index contributed by atoms with van der Waals surface area (Å²) < 4.78 is 20.5. The summed E-state index contributed by atoms with van der Waals surface area (Å²) in [6.07, 6.45) is 3.61. The zero-order chi connectivity index (χ0) is 24.9. The van der Waals surface area contributed by atoms with Gasteiger partial charge in [0, 0.05) is 61.5 Å². The van der Waals surface area contributed by atoms with E-state index in [-0.39, 0.29) is 23.6 Å². The Kier molecular flexibility index (Phi) is 5.86. The maximum absolute atomic E-state index is 15.0. The molecule has 9 heteroatoms. The van der Waals surface area contributed by atoms with E-state index in [1.165, 1.54) is 6.07 Å². The van der Waals surface area contributed by atoms with Crippen molar-refractivity contribution < 1.29 is 19.0 Å². The number of carbonyl (C=O) groups is 1. The first-order valence-corrected chi connectivity index (χ1v) is 12.5. The third-order valence-corrected chi connectivity index (χ3v) is 7.96. The van der Waals surface area contributed by atoms with Gasteiger partial charge in [-0.25, -0.2) is 9.37 Å². The number of aliphatic hydroxyl groups excluding tert-OH is 1. The Morgan fingerprint density at radius 2 is 2.00 bits per heavy atom. The van der Waals surface area contributed by atoms with Crippen LogP contribution >= 0.6 is 0 Å². The lowest BCUT2D eigenvalue weighted by Crippen LogP contribution is -2.60. The van der Waals surface area contributed by atoms with Crippen LogP contribution in [-0.4, -0.2) is 76.9 Å². The van der Waals surface area contributed by atoms with Gasteiger partial charge in [-0.3, -0.25) is 14.7 Å². The van der Waals surface area contributed by atoms with E-state index in [0.29, 0.717) is 56.3 Å². The average Bonchev–Trinajstić information content (AvgIpc) is 3.63. The number of rotatable bonds is 5. The highest BCUT2D eigenvalue weighted by Gasteiger charge is 2.45. The van der Waals surface area contributed by atoms with Gasteiger partial charge in [-0.1, -0.05) is 6.07 Å². The van der Waals surface area contributed by atoms with Gasteiger partial charge in [0.1, 0.15) is 11.6 Å². The molecule has 2 unspecified atom stereocenters. The van der Waals surface area contributed by atoms with Crippen LogP contribution in [-0.2, 0) is 9.53 Å².